The summed E-state index contributed by atoms with van der Waals surface area (Å²) < 4.78 is 13.7. The van der Waals surface area contributed by atoms with Crippen LogP contribution in [0.4, 0.5) is 15.8 Å². The largest absolute Gasteiger partial charge is 0.397 e. The highest BCUT2D eigenvalue weighted by atomic mass is 79.9. The van der Waals surface area contributed by atoms with E-state index in [-0.39, 0.29) is 12.4 Å². The van der Waals surface area contributed by atoms with E-state index in [0.717, 1.165) is 25.1 Å². The lowest BCUT2D eigenvalue weighted by molar-refractivity contribution is 0.141. The second kappa shape index (κ2) is 6.57. The van der Waals surface area contributed by atoms with Crippen LogP contribution in [-0.4, -0.2) is 18.3 Å². The average Bonchev–Trinajstić information content (AvgIpc) is 2.41. The standard InChI is InChI=1S/C14H20BrFN2O/c15-11-5-14(13(17)6-12(11)16)18-7-9-3-1-2-4-10(9)8-19/h5-6,9-10,18-19H,1-4,7-8,17H2. The molecule has 0 aromatic heterocycles. The monoisotopic (exact) mass is 330 g/mol. The third-order valence-electron chi connectivity index (χ3n) is 3.95. The molecule has 106 valence electrons. The topological polar surface area (TPSA) is 58.3 Å². The van der Waals surface area contributed by atoms with Gasteiger partial charge in [-0.2, -0.15) is 0 Å². The zero-order chi connectivity index (χ0) is 13.8. The molecule has 4 N–H and O–H groups in total. The summed E-state index contributed by atoms with van der Waals surface area (Å²) in [4.78, 5) is 0. The van der Waals surface area contributed by atoms with Crippen LogP contribution in [0.5, 0.6) is 0 Å². The van der Waals surface area contributed by atoms with Gasteiger partial charge in [0, 0.05) is 19.2 Å². The van der Waals surface area contributed by atoms with Crippen LogP contribution in [0.15, 0.2) is 16.6 Å². The first kappa shape index (κ1) is 14.6. The molecule has 1 saturated carbocycles. The predicted molar refractivity (Wildman–Crippen MR) is 79.5 cm³/mol. The first-order valence-corrected chi connectivity index (χ1v) is 7.50. The second-order valence-electron chi connectivity index (χ2n) is 5.22. The molecular weight excluding hydrogens is 311 g/mol. The van der Waals surface area contributed by atoms with Gasteiger partial charge in [0.05, 0.1) is 15.8 Å². The van der Waals surface area contributed by atoms with Gasteiger partial charge >= 0.3 is 0 Å². The highest BCUT2D eigenvalue weighted by Gasteiger charge is 2.24. The fourth-order valence-corrected chi connectivity index (χ4v) is 3.09. The van der Waals surface area contributed by atoms with Crippen LogP contribution in [0.2, 0.25) is 0 Å². The smallest absolute Gasteiger partial charge is 0.139 e. The second-order valence-corrected chi connectivity index (χ2v) is 6.08. The maximum absolute atomic E-state index is 13.3. The first-order valence-electron chi connectivity index (χ1n) is 6.71. The van der Waals surface area contributed by atoms with E-state index in [1.165, 1.54) is 18.9 Å². The third kappa shape index (κ3) is 3.60. The van der Waals surface area contributed by atoms with Crippen LogP contribution in [0.25, 0.3) is 0 Å². The Morgan fingerprint density at radius 1 is 1.32 bits per heavy atom. The van der Waals surface area contributed by atoms with E-state index >= 15 is 0 Å². The van der Waals surface area contributed by atoms with Gasteiger partial charge < -0.3 is 16.2 Å². The number of aliphatic hydroxyl groups is 1. The van der Waals surface area contributed by atoms with Gasteiger partial charge in [-0.3, -0.25) is 0 Å². The summed E-state index contributed by atoms with van der Waals surface area (Å²) in [5, 5.41) is 12.7. The van der Waals surface area contributed by atoms with Gasteiger partial charge in [-0.15, -0.1) is 0 Å². The molecule has 1 aliphatic rings. The van der Waals surface area contributed by atoms with Crippen molar-refractivity contribution in [2.24, 2.45) is 11.8 Å². The SMILES string of the molecule is Nc1cc(F)c(Br)cc1NCC1CCCCC1CO. The Labute approximate surface area is 121 Å². The van der Waals surface area contributed by atoms with Crippen LogP contribution in [0.3, 0.4) is 0 Å². The Kier molecular flexibility index (Phi) is 5.05. The molecule has 0 heterocycles. The minimum absolute atomic E-state index is 0.245. The summed E-state index contributed by atoms with van der Waals surface area (Å²) in [6, 6.07) is 2.98. The minimum Gasteiger partial charge on any atom is -0.397 e. The van der Waals surface area contributed by atoms with Crippen LogP contribution in [0.1, 0.15) is 25.7 Å². The van der Waals surface area contributed by atoms with E-state index in [2.05, 4.69) is 21.2 Å². The van der Waals surface area contributed by atoms with Crippen molar-refractivity contribution in [3.63, 3.8) is 0 Å². The number of benzene rings is 1. The third-order valence-corrected chi connectivity index (χ3v) is 4.56. The van der Waals surface area contributed by atoms with Gasteiger partial charge in [0.25, 0.3) is 0 Å². The van der Waals surface area contributed by atoms with Gasteiger partial charge in [-0.05, 0) is 46.7 Å². The molecule has 5 heteroatoms. The lowest BCUT2D eigenvalue weighted by atomic mass is 9.79. The van der Waals surface area contributed by atoms with Crippen LogP contribution in [-0.2, 0) is 0 Å². The zero-order valence-corrected chi connectivity index (χ0v) is 12.4. The fraction of sp³-hybridized carbons (Fsp3) is 0.571. The molecule has 0 bridgehead atoms. The summed E-state index contributed by atoms with van der Waals surface area (Å²) in [5.74, 6) is 0.474. The molecule has 1 aromatic rings. The van der Waals surface area contributed by atoms with Gasteiger partial charge in [-0.25, -0.2) is 4.39 Å². The molecule has 19 heavy (non-hydrogen) atoms. The van der Waals surface area contributed by atoms with E-state index in [0.29, 0.717) is 22.0 Å². The number of hydrogen-bond acceptors (Lipinski definition) is 3. The quantitative estimate of drug-likeness (QED) is 0.742. The Morgan fingerprint density at radius 3 is 2.68 bits per heavy atom. The number of halogens is 2. The maximum atomic E-state index is 13.3. The lowest BCUT2D eigenvalue weighted by Gasteiger charge is -2.30. The molecule has 2 atom stereocenters. The summed E-state index contributed by atoms with van der Waals surface area (Å²) >= 11 is 3.16. The minimum atomic E-state index is -0.353. The fourth-order valence-electron chi connectivity index (χ4n) is 2.75. The van der Waals surface area contributed by atoms with Gasteiger partial charge in [0.15, 0.2) is 0 Å². The molecule has 0 spiro atoms. The van der Waals surface area contributed by atoms with E-state index in [4.69, 9.17) is 5.73 Å². The molecule has 2 rings (SSSR count). The lowest BCUT2D eigenvalue weighted by Crippen LogP contribution is -2.28. The number of hydrogen-bond donors (Lipinski definition) is 3. The Balaban J connectivity index is 1.99. The molecule has 1 aromatic carbocycles. The Bertz CT molecular complexity index is 442. The van der Waals surface area contributed by atoms with Crippen molar-refractivity contribution in [1.82, 2.24) is 0 Å². The molecular formula is C14H20BrFN2O. The number of nitrogen functional groups attached to an aromatic ring is 1. The van der Waals surface area contributed by atoms with Gasteiger partial charge in [-0.1, -0.05) is 12.8 Å². The zero-order valence-electron chi connectivity index (χ0n) is 10.8. The van der Waals surface area contributed by atoms with Crippen molar-refractivity contribution in [2.75, 3.05) is 24.2 Å². The van der Waals surface area contributed by atoms with Crippen LogP contribution < -0.4 is 11.1 Å². The van der Waals surface area contributed by atoms with Crippen molar-refractivity contribution < 1.29 is 9.50 Å². The average molecular weight is 331 g/mol. The van der Waals surface area contributed by atoms with E-state index in [1.807, 2.05) is 0 Å². The maximum Gasteiger partial charge on any atom is 0.139 e. The predicted octanol–water partition coefficient (Wildman–Crippen LogP) is 3.38. The first-order chi connectivity index (χ1) is 9.11. The molecule has 3 nitrogen and oxygen atoms in total. The van der Waals surface area contributed by atoms with E-state index in [1.54, 1.807) is 6.07 Å². The molecule has 2 unspecified atom stereocenters. The highest BCUT2D eigenvalue weighted by Crippen LogP contribution is 2.31. The number of aliphatic hydroxyl groups excluding tert-OH is 1. The summed E-state index contributed by atoms with van der Waals surface area (Å²) in [5.41, 5.74) is 6.96. The normalized spacial score (nSPS) is 23.3. The number of rotatable bonds is 4. The molecule has 0 amide bonds. The molecule has 0 saturated heterocycles. The molecule has 0 aliphatic heterocycles. The van der Waals surface area contributed by atoms with E-state index < -0.39 is 0 Å². The van der Waals surface area contributed by atoms with Crippen molar-refractivity contribution >= 4 is 27.3 Å². The van der Waals surface area contributed by atoms with Crippen molar-refractivity contribution in [3.8, 4) is 0 Å². The Hall–Kier alpha value is -0.810. The van der Waals surface area contributed by atoms with Crippen molar-refractivity contribution in [3.05, 3.63) is 22.4 Å². The Morgan fingerprint density at radius 2 is 2.00 bits per heavy atom. The molecule has 1 fully saturated rings. The van der Waals surface area contributed by atoms with E-state index in [9.17, 15) is 9.50 Å². The summed E-state index contributed by atoms with van der Waals surface area (Å²) in [6.07, 6.45) is 4.63. The van der Waals surface area contributed by atoms with Crippen LogP contribution in [0, 0.1) is 17.7 Å². The van der Waals surface area contributed by atoms with Crippen molar-refractivity contribution in [1.29, 1.82) is 0 Å². The van der Waals surface area contributed by atoms with Crippen LogP contribution >= 0.6 is 15.9 Å². The van der Waals surface area contributed by atoms with Crippen molar-refractivity contribution in [2.45, 2.75) is 25.7 Å². The van der Waals surface area contributed by atoms with Gasteiger partial charge in [0.2, 0.25) is 0 Å². The molecule has 1 aliphatic carbocycles. The number of nitrogens with one attached hydrogen (secondary N) is 1. The van der Waals surface area contributed by atoms with Gasteiger partial charge in [0.1, 0.15) is 5.82 Å². The molecule has 0 radical (unpaired) electrons. The highest BCUT2D eigenvalue weighted by molar-refractivity contribution is 9.10. The summed E-state index contributed by atoms with van der Waals surface area (Å²) in [6.45, 7) is 1.02. The number of nitrogens with two attached hydrogens (primary N) is 1. The summed E-state index contributed by atoms with van der Waals surface area (Å²) in [7, 11) is 0. The number of anilines is 2.